The number of rotatable bonds is 6. The van der Waals surface area contributed by atoms with Gasteiger partial charge in [0.2, 0.25) is 23.6 Å². The minimum atomic E-state index is -1.15. The summed E-state index contributed by atoms with van der Waals surface area (Å²) in [6.45, 7) is 6.09. The van der Waals surface area contributed by atoms with Gasteiger partial charge in [0.25, 0.3) is 5.91 Å². The van der Waals surface area contributed by atoms with Crippen LogP contribution in [0.15, 0.2) is 48.5 Å². The number of para-hydroxylation sites is 1. The van der Waals surface area contributed by atoms with E-state index in [9.17, 15) is 24.0 Å². The standard InChI is InChI=1S/C33H45N5O7/c1-21(2)30-33(43)36-22(3)20-45-27-10-6-5-9-25(27)31(41)37-26(19-29(40)34-17-8-7-11-28(39)38-30)32(42)35-18-16-23-12-14-24(44-4)15-13-23/h5-6,9-10,12-15,21-22,26,30H,7-8,11,16-20H2,1-4H3,(H,34,40)(H,35,42)(H,36,43)(H,37,41)(H,38,39)/t22-,26-,30+/m0/s1. The molecule has 0 aromatic heterocycles. The molecule has 5 N–H and O–H groups in total. The van der Waals surface area contributed by atoms with Gasteiger partial charge >= 0.3 is 0 Å². The molecule has 3 rings (SSSR count). The van der Waals surface area contributed by atoms with Crippen molar-refractivity contribution in [2.45, 2.75) is 71.0 Å². The molecule has 1 aliphatic rings. The van der Waals surface area contributed by atoms with Gasteiger partial charge in [0, 0.05) is 19.5 Å². The molecule has 244 valence electrons. The van der Waals surface area contributed by atoms with Crippen LogP contribution in [0.25, 0.3) is 0 Å². The fourth-order valence-corrected chi connectivity index (χ4v) is 4.74. The van der Waals surface area contributed by atoms with Crippen LogP contribution in [0.5, 0.6) is 11.5 Å². The predicted molar refractivity (Wildman–Crippen MR) is 169 cm³/mol. The summed E-state index contributed by atoms with van der Waals surface area (Å²) in [5, 5.41) is 14.0. The first-order valence-electron chi connectivity index (χ1n) is 15.4. The van der Waals surface area contributed by atoms with E-state index in [-0.39, 0.29) is 55.0 Å². The molecular weight excluding hydrogens is 578 g/mol. The summed E-state index contributed by atoms with van der Waals surface area (Å²) in [7, 11) is 1.59. The third kappa shape index (κ3) is 11.4. The Kier molecular flexibility index (Phi) is 13.7. The number of carbonyl (C=O) groups is 5. The third-order valence-electron chi connectivity index (χ3n) is 7.31. The summed E-state index contributed by atoms with van der Waals surface area (Å²) in [5.41, 5.74) is 1.16. The Morgan fingerprint density at radius 2 is 1.71 bits per heavy atom. The van der Waals surface area contributed by atoms with Crippen LogP contribution in [0, 0.1) is 5.92 Å². The summed E-state index contributed by atoms with van der Waals surface area (Å²) in [4.78, 5) is 65.0. The van der Waals surface area contributed by atoms with E-state index >= 15 is 0 Å². The SMILES string of the molecule is COc1ccc(CCNC(=O)[C@@H]2CC(=O)NCCCCC(=O)N[C@H](C(C)C)C(=O)N[C@@H](C)COc3ccccc3C(=O)N2)cc1. The van der Waals surface area contributed by atoms with Gasteiger partial charge < -0.3 is 36.1 Å². The van der Waals surface area contributed by atoms with Gasteiger partial charge in [-0.3, -0.25) is 24.0 Å². The van der Waals surface area contributed by atoms with Crippen molar-refractivity contribution in [3.63, 3.8) is 0 Å². The molecule has 1 aliphatic heterocycles. The Bertz CT molecular complexity index is 1310. The minimum absolute atomic E-state index is 0.0481. The van der Waals surface area contributed by atoms with E-state index < -0.39 is 35.8 Å². The Hall–Kier alpha value is -4.61. The Balaban J connectivity index is 1.75. The van der Waals surface area contributed by atoms with Crippen LogP contribution in [0.4, 0.5) is 0 Å². The fourth-order valence-electron chi connectivity index (χ4n) is 4.74. The second-order valence-electron chi connectivity index (χ2n) is 11.4. The molecule has 2 aromatic carbocycles. The van der Waals surface area contributed by atoms with Crippen molar-refractivity contribution < 1.29 is 33.4 Å². The maximum Gasteiger partial charge on any atom is 0.255 e. The van der Waals surface area contributed by atoms with Crippen LogP contribution in [-0.2, 0) is 25.6 Å². The zero-order chi connectivity index (χ0) is 32.8. The monoisotopic (exact) mass is 623 g/mol. The number of ether oxygens (including phenoxy) is 2. The van der Waals surface area contributed by atoms with Crippen molar-refractivity contribution in [3.05, 3.63) is 59.7 Å². The van der Waals surface area contributed by atoms with Gasteiger partial charge in [-0.15, -0.1) is 0 Å². The molecule has 45 heavy (non-hydrogen) atoms. The summed E-state index contributed by atoms with van der Waals surface area (Å²) >= 11 is 0. The van der Waals surface area contributed by atoms with Crippen LogP contribution in [0.3, 0.4) is 0 Å². The fraction of sp³-hybridized carbons (Fsp3) is 0.485. The predicted octanol–water partition coefficient (Wildman–Crippen LogP) is 1.87. The molecular formula is C33H45N5O7. The minimum Gasteiger partial charge on any atom is -0.497 e. The maximum absolute atomic E-state index is 13.4. The molecule has 0 radical (unpaired) electrons. The zero-order valence-electron chi connectivity index (χ0n) is 26.4. The highest BCUT2D eigenvalue weighted by Gasteiger charge is 2.27. The molecule has 0 saturated carbocycles. The molecule has 12 heteroatoms. The Morgan fingerprint density at radius 1 is 0.978 bits per heavy atom. The lowest BCUT2D eigenvalue weighted by molar-refractivity contribution is -0.130. The van der Waals surface area contributed by atoms with E-state index in [0.717, 1.165) is 11.3 Å². The number of methoxy groups -OCH3 is 1. The summed E-state index contributed by atoms with van der Waals surface area (Å²) in [6, 6.07) is 11.7. The van der Waals surface area contributed by atoms with Gasteiger partial charge in [-0.05, 0) is 61.9 Å². The van der Waals surface area contributed by atoms with Gasteiger partial charge in [-0.25, -0.2) is 0 Å². The zero-order valence-corrected chi connectivity index (χ0v) is 26.4. The smallest absolute Gasteiger partial charge is 0.255 e. The number of amides is 5. The number of hydrogen-bond donors (Lipinski definition) is 5. The highest BCUT2D eigenvalue weighted by Crippen LogP contribution is 2.19. The lowest BCUT2D eigenvalue weighted by Crippen LogP contribution is -2.52. The molecule has 1 heterocycles. The highest BCUT2D eigenvalue weighted by atomic mass is 16.5. The van der Waals surface area contributed by atoms with Crippen molar-refractivity contribution in [1.29, 1.82) is 0 Å². The number of benzene rings is 2. The van der Waals surface area contributed by atoms with Crippen LogP contribution < -0.4 is 36.1 Å². The Morgan fingerprint density at radius 3 is 2.42 bits per heavy atom. The van der Waals surface area contributed by atoms with E-state index in [2.05, 4.69) is 26.6 Å². The topological polar surface area (TPSA) is 164 Å². The molecule has 0 bridgehead atoms. The normalized spacial score (nSPS) is 20.8. The average Bonchev–Trinajstić information content (AvgIpc) is 3.01. The number of fused-ring (bicyclic) bond motifs is 1. The number of carbonyl (C=O) groups excluding carboxylic acids is 5. The molecule has 2 aromatic rings. The van der Waals surface area contributed by atoms with E-state index in [1.807, 2.05) is 38.1 Å². The first-order valence-corrected chi connectivity index (χ1v) is 15.4. The van der Waals surface area contributed by atoms with Gasteiger partial charge in [-0.2, -0.15) is 0 Å². The third-order valence-corrected chi connectivity index (χ3v) is 7.31. The van der Waals surface area contributed by atoms with Gasteiger partial charge in [0.05, 0.1) is 25.1 Å². The summed E-state index contributed by atoms with van der Waals surface area (Å²) in [6.07, 6.45) is 1.47. The Labute approximate surface area is 264 Å². The maximum atomic E-state index is 13.4. The number of hydrogen-bond acceptors (Lipinski definition) is 7. The molecule has 3 atom stereocenters. The van der Waals surface area contributed by atoms with E-state index in [0.29, 0.717) is 25.8 Å². The number of nitrogens with one attached hydrogen (secondary N) is 5. The van der Waals surface area contributed by atoms with Crippen LogP contribution in [0.2, 0.25) is 0 Å². The average molecular weight is 624 g/mol. The molecule has 0 unspecified atom stereocenters. The second-order valence-corrected chi connectivity index (χ2v) is 11.4. The van der Waals surface area contributed by atoms with Crippen molar-refractivity contribution in [2.24, 2.45) is 5.92 Å². The molecule has 0 saturated heterocycles. The molecule has 5 amide bonds. The summed E-state index contributed by atoms with van der Waals surface area (Å²) in [5.74, 6) is -1.24. The van der Waals surface area contributed by atoms with Gasteiger partial charge in [0.1, 0.15) is 30.2 Å². The molecule has 0 spiro atoms. The van der Waals surface area contributed by atoms with Gasteiger partial charge in [-0.1, -0.05) is 38.1 Å². The lowest BCUT2D eigenvalue weighted by atomic mass is 10.0. The van der Waals surface area contributed by atoms with E-state index in [1.54, 1.807) is 38.3 Å². The first-order chi connectivity index (χ1) is 21.6. The van der Waals surface area contributed by atoms with Crippen molar-refractivity contribution in [1.82, 2.24) is 26.6 Å². The van der Waals surface area contributed by atoms with Crippen molar-refractivity contribution in [3.8, 4) is 11.5 Å². The first kappa shape index (κ1) is 34.9. The van der Waals surface area contributed by atoms with E-state index in [1.165, 1.54) is 0 Å². The van der Waals surface area contributed by atoms with Crippen LogP contribution in [0.1, 0.15) is 62.4 Å². The summed E-state index contributed by atoms with van der Waals surface area (Å²) < 4.78 is 11.1. The van der Waals surface area contributed by atoms with Crippen molar-refractivity contribution in [2.75, 3.05) is 26.8 Å². The molecule has 12 nitrogen and oxygen atoms in total. The molecule has 0 aliphatic carbocycles. The quantitative estimate of drug-likeness (QED) is 0.328. The molecule has 0 fully saturated rings. The largest absolute Gasteiger partial charge is 0.497 e. The van der Waals surface area contributed by atoms with Crippen LogP contribution in [-0.4, -0.2) is 74.5 Å². The van der Waals surface area contributed by atoms with Crippen molar-refractivity contribution >= 4 is 29.5 Å². The van der Waals surface area contributed by atoms with Gasteiger partial charge in [0.15, 0.2) is 0 Å². The highest BCUT2D eigenvalue weighted by molar-refractivity contribution is 6.00. The van der Waals surface area contributed by atoms with E-state index in [4.69, 9.17) is 9.47 Å². The second kappa shape index (κ2) is 17.6. The van der Waals surface area contributed by atoms with Crippen LogP contribution >= 0.6 is 0 Å². The lowest BCUT2D eigenvalue weighted by Gasteiger charge is -2.24.